The fraction of sp³-hybridized carbons (Fsp3) is 0.545. The molecule has 1 N–H and O–H groups in total. The lowest BCUT2D eigenvalue weighted by molar-refractivity contribution is 0.0903. The highest BCUT2D eigenvalue weighted by molar-refractivity contribution is 5.92. The number of nitrogens with one attached hydrogen (secondary N) is 1. The van der Waals surface area contributed by atoms with Crippen molar-refractivity contribution in [3.05, 3.63) is 28.9 Å². The molecule has 6 heteroatoms. The van der Waals surface area contributed by atoms with Gasteiger partial charge in [0.15, 0.2) is 0 Å². The normalized spacial score (nSPS) is 16.9. The quantitative estimate of drug-likeness (QED) is 0.793. The van der Waals surface area contributed by atoms with Crippen LogP contribution in [0.1, 0.15) is 23.3 Å². The first-order valence-corrected chi connectivity index (χ1v) is 5.71. The van der Waals surface area contributed by atoms with Gasteiger partial charge in [-0.1, -0.05) is 0 Å². The summed E-state index contributed by atoms with van der Waals surface area (Å²) in [6.45, 7) is 1.23. The molecule has 0 aromatic carbocycles. The van der Waals surface area contributed by atoms with Crippen LogP contribution in [0.5, 0.6) is 0 Å². The fourth-order valence-electron chi connectivity index (χ4n) is 2.05. The zero-order valence-electron chi connectivity index (χ0n) is 9.80. The predicted octanol–water partition coefficient (Wildman–Crippen LogP) is 0.901. The molecule has 2 heterocycles. The van der Waals surface area contributed by atoms with Gasteiger partial charge in [0, 0.05) is 32.4 Å². The van der Waals surface area contributed by atoms with Crippen molar-refractivity contribution in [2.75, 3.05) is 13.1 Å². The van der Waals surface area contributed by atoms with Gasteiger partial charge in [-0.05, 0) is 25.0 Å². The van der Waals surface area contributed by atoms with Gasteiger partial charge in [-0.15, -0.1) is 4.91 Å². The average Bonchev–Trinajstić information content (AvgIpc) is 2.76. The maximum Gasteiger partial charge on any atom is 0.268 e. The number of hydrogen-bond donors (Lipinski definition) is 1. The van der Waals surface area contributed by atoms with Crippen molar-refractivity contribution < 1.29 is 4.79 Å². The van der Waals surface area contributed by atoms with Crippen molar-refractivity contribution in [2.45, 2.75) is 18.9 Å². The van der Waals surface area contributed by atoms with Gasteiger partial charge in [0.05, 0.1) is 5.29 Å². The number of carbonyl (C=O) groups excluding carboxylic acids is 1. The van der Waals surface area contributed by atoms with E-state index < -0.39 is 0 Å². The summed E-state index contributed by atoms with van der Waals surface area (Å²) in [5, 5.41) is 7.36. The Morgan fingerprint density at radius 2 is 2.18 bits per heavy atom. The molecule has 1 aliphatic heterocycles. The van der Waals surface area contributed by atoms with E-state index in [2.05, 4.69) is 10.6 Å². The lowest BCUT2D eigenvalue weighted by Gasteiger charge is -2.28. The second kappa shape index (κ2) is 4.99. The van der Waals surface area contributed by atoms with Crippen LogP contribution in [-0.4, -0.2) is 34.6 Å². The Labute approximate surface area is 99.5 Å². The van der Waals surface area contributed by atoms with Crippen molar-refractivity contribution >= 4 is 5.91 Å². The first-order valence-electron chi connectivity index (χ1n) is 5.71. The second-order valence-electron chi connectivity index (χ2n) is 4.29. The van der Waals surface area contributed by atoms with Crippen molar-refractivity contribution in [3.8, 4) is 0 Å². The second-order valence-corrected chi connectivity index (χ2v) is 4.29. The number of nitroso groups, excluding NO2 is 1. The number of aromatic nitrogens is 1. The van der Waals surface area contributed by atoms with E-state index >= 15 is 0 Å². The standard InChI is InChI=1S/C11H16N4O2/c1-14-6-2-3-10(14)11(16)12-9-4-7-15(13-17)8-5-9/h2-3,6,9H,4-5,7-8H2,1H3,(H,12,16). The van der Waals surface area contributed by atoms with E-state index in [9.17, 15) is 9.70 Å². The Hall–Kier alpha value is -1.85. The van der Waals surface area contributed by atoms with E-state index in [0.29, 0.717) is 18.8 Å². The lowest BCUT2D eigenvalue weighted by Crippen LogP contribution is -2.43. The van der Waals surface area contributed by atoms with Crippen LogP contribution in [0.3, 0.4) is 0 Å². The summed E-state index contributed by atoms with van der Waals surface area (Å²) in [6.07, 6.45) is 3.37. The zero-order chi connectivity index (χ0) is 12.3. The van der Waals surface area contributed by atoms with E-state index in [1.807, 2.05) is 19.3 Å². The summed E-state index contributed by atoms with van der Waals surface area (Å²) >= 11 is 0. The highest BCUT2D eigenvalue weighted by atomic mass is 16.3. The van der Waals surface area contributed by atoms with Gasteiger partial charge in [0.25, 0.3) is 5.91 Å². The highest BCUT2D eigenvalue weighted by Gasteiger charge is 2.21. The SMILES string of the molecule is Cn1cccc1C(=O)NC1CCN(N=O)CC1. The largest absolute Gasteiger partial charge is 0.348 e. The molecule has 0 unspecified atom stereocenters. The van der Waals surface area contributed by atoms with E-state index in [-0.39, 0.29) is 11.9 Å². The molecule has 0 radical (unpaired) electrons. The third-order valence-corrected chi connectivity index (χ3v) is 3.10. The van der Waals surface area contributed by atoms with Crippen LogP contribution in [0.15, 0.2) is 23.6 Å². The van der Waals surface area contributed by atoms with Gasteiger partial charge < -0.3 is 9.88 Å². The zero-order valence-corrected chi connectivity index (χ0v) is 9.80. The molecule has 17 heavy (non-hydrogen) atoms. The smallest absolute Gasteiger partial charge is 0.268 e. The number of piperidine rings is 1. The van der Waals surface area contributed by atoms with Crippen LogP contribution >= 0.6 is 0 Å². The molecule has 0 bridgehead atoms. The van der Waals surface area contributed by atoms with Gasteiger partial charge in [-0.2, -0.15) is 0 Å². The molecule has 0 atom stereocenters. The summed E-state index contributed by atoms with van der Waals surface area (Å²) in [4.78, 5) is 22.2. The number of nitrogens with zero attached hydrogens (tertiary/aromatic N) is 3. The Morgan fingerprint density at radius 1 is 1.47 bits per heavy atom. The third-order valence-electron chi connectivity index (χ3n) is 3.10. The lowest BCUT2D eigenvalue weighted by atomic mass is 10.1. The van der Waals surface area contributed by atoms with Crippen LogP contribution < -0.4 is 5.32 Å². The van der Waals surface area contributed by atoms with Crippen LogP contribution in [0.4, 0.5) is 0 Å². The topological polar surface area (TPSA) is 66.7 Å². The molecular weight excluding hydrogens is 220 g/mol. The summed E-state index contributed by atoms with van der Waals surface area (Å²) in [5.41, 5.74) is 0.654. The number of carbonyl (C=O) groups is 1. The van der Waals surface area contributed by atoms with Crippen LogP contribution in [0.2, 0.25) is 0 Å². The molecule has 1 amide bonds. The summed E-state index contributed by atoms with van der Waals surface area (Å²) in [7, 11) is 1.84. The Kier molecular flexibility index (Phi) is 3.41. The van der Waals surface area contributed by atoms with Crippen LogP contribution in [-0.2, 0) is 7.05 Å². The summed E-state index contributed by atoms with van der Waals surface area (Å²) in [6, 6.07) is 3.76. The summed E-state index contributed by atoms with van der Waals surface area (Å²) in [5.74, 6) is -0.0602. The van der Waals surface area contributed by atoms with Crippen molar-refractivity contribution in [2.24, 2.45) is 12.3 Å². The molecule has 1 saturated heterocycles. The molecule has 1 aromatic heterocycles. The van der Waals surface area contributed by atoms with Gasteiger partial charge in [0.2, 0.25) is 0 Å². The minimum Gasteiger partial charge on any atom is -0.348 e. The number of aryl methyl sites for hydroxylation is 1. The van der Waals surface area contributed by atoms with Gasteiger partial charge >= 0.3 is 0 Å². The maximum atomic E-state index is 11.9. The molecule has 1 fully saturated rings. The molecule has 0 aliphatic carbocycles. The minimum absolute atomic E-state index is 0.0602. The number of hydrogen-bond acceptors (Lipinski definition) is 3. The van der Waals surface area contributed by atoms with E-state index in [1.54, 1.807) is 10.6 Å². The molecule has 0 saturated carbocycles. The van der Waals surface area contributed by atoms with Gasteiger partial charge in [-0.25, -0.2) is 0 Å². The number of amides is 1. The Bertz CT molecular complexity index is 407. The predicted molar refractivity (Wildman–Crippen MR) is 63.3 cm³/mol. The minimum atomic E-state index is -0.0602. The summed E-state index contributed by atoms with van der Waals surface area (Å²) < 4.78 is 1.79. The van der Waals surface area contributed by atoms with Crippen LogP contribution in [0, 0.1) is 4.91 Å². The molecular formula is C11H16N4O2. The van der Waals surface area contributed by atoms with Crippen molar-refractivity contribution in [1.82, 2.24) is 14.9 Å². The van der Waals surface area contributed by atoms with E-state index in [1.165, 1.54) is 5.01 Å². The monoisotopic (exact) mass is 236 g/mol. The molecule has 1 aliphatic rings. The molecule has 0 spiro atoms. The number of rotatable bonds is 3. The van der Waals surface area contributed by atoms with E-state index in [0.717, 1.165) is 12.8 Å². The van der Waals surface area contributed by atoms with Gasteiger partial charge in [0.1, 0.15) is 5.69 Å². The first kappa shape index (κ1) is 11.6. The van der Waals surface area contributed by atoms with Crippen molar-refractivity contribution in [3.63, 3.8) is 0 Å². The maximum absolute atomic E-state index is 11.9. The van der Waals surface area contributed by atoms with Crippen molar-refractivity contribution in [1.29, 1.82) is 0 Å². The Balaban J connectivity index is 1.88. The molecule has 6 nitrogen and oxygen atoms in total. The highest BCUT2D eigenvalue weighted by Crippen LogP contribution is 2.11. The Morgan fingerprint density at radius 3 is 2.71 bits per heavy atom. The third kappa shape index (κ3) is 2.64. The molecule has 1 aromatic rings. The fourth-order valence-corrected chi connectivity index (χ4v) is 2.05. The molecule has 2 rings (SSSR count). The average molecular weight is 236 g/mol. The van der Waals surface area contributed by atoms with E-state index in [4.69, 9.17) is 0 Å². The van der Waals surface area contributed by atoms with Crippen LogP contribution in [0.25, 0.3) is 0 Å². The molecule has 92 valence electrons. The van der Waals surface area contributed by atoms with Gasteiger partial charge in [-0.3, -0.25) is 9.80 Å². The first-order chi connectivity index (χ1) is 8.20.